The van der Waals surface area contributed by atoms with Crippen molar-refractivity contribution in [3.8, 4) is 0 Å². The van der Waals surface area contributed by atoms with E-state index in [4.69, 9.17) is 5.84 Å². The van der Waals surface area contributed by atoms with Crippen LogP contribution in [0.1, 0.15) is 11.3 Å². The minimum atomic E-state index is 0.685. The second kappa shape index (κ2) is 5.51. The molecule has 1 aromatic heterocycles. The Morgan fingerprint density at radius 1 is 1.17 bits per heavy atom. The van der Waals surface area contributed by atoms with E-state index in [1.807, 2.05) is 18.2 Å². The average molecular weight is 242 g/mol. The Morgan fingerprint density at radius 2 is 1.89 bits per heavy atom. The van der Waals surface area contributed by atoms with Crippen molar-refractivity contribution in [1.29, 1.82) is 0 Å². The predicted octanol–water partition coefficient (Wildman–Crippen LogP) is 2.31. The molecule has 94 valence electrons. The van der Waals surface area contributed by atoms with E-state index in [1.54, 1.807) is 0 Å². The van der Waals surface area contributed by atoms with Gasteiger partial charge in [0.2, 0.25) is 0 Å². The molecule has 0 atom stereocenters. The Hall–Kier alpha value is -2.07. The number of nitrogens with two attached hydrogens (primary N) is 1. The lowest BCUT2D eigenvalue weighted by atomic mass is 10.2. The zero-order valence-corrected chi connectivity index (χ0v) is 10.7. The van der Waals surface area contributed by atoms with Crippen molar-refractivity contribution in [3.05, 3.63) is 53.7 Å². The van der Waals surface area contributed by atoms with E-state index in [2.05, 4.69) is 53.5 Å². The first-order valence-electron chi connectivity index (χ1n) is 5.89. The molecule has 0 fully saturated rings. The molecule has 3 N–H and O–H groups in total. The molecule has 0 aliphatic carbocycles. The average Bonchev–Trinajstić information content (AvgIpc) is 2.39. The molecule has 2 aromatic rings. The maximum atomic E-state index is 5.35. The quantitative estimate of drug-likeness (QED) is 0.638. The smallest absolute Gasteiger partial charge is 0.140 e. The summed E-state index contributed by atoms with van der Waals surface area (Å²) in [5.41, 5.74) is 5.98. The van der Waals surface area contributed by atoms with Crippen molar-refractivity contribution < 1.29 is 0 Å². The Kier molecular flexibility index (Phi) is 3.79. The number of nitrogens with zero attached hydrogens (tertiary/aromatic N) is 2. The summed E-state index contributed by atoms with van der Waals surface area (Å²) in [4.78, 5) is 6.55. The van der Waals surface area contributed by atoms with Gasteiger partial charge in [-0.2, -0.15) is 0 Å². The summed E-state index contributed by atoms with van der Waals surface area (Å²) >= 11 is 0. The Bertz CT molecular complexity index is 507. The topological polar surface area (TPSA) is 54.2 Å². The lowest BCUT2D eigenvalue weighted by Gasteiger charge is -2.19. The highest BCUT2D eigenvalue weighted by molar-refractivity contribution is 5.47. The lowest BCUT2D eigenvalue weighted by molar-refractivity contribution is 0.885. The molecule has 1 heterocycles. The Balaban J connectivity index is 2.10. The van der Waals surface area contributed by atoms with Gasteiger partial charge in [-0.3, -0.25) is 0 Å². The highest BCUT2D eigenvalue weighted by atomic mass is 15.2. The number of pyridine rings is 1. The molecule has 0 aliphatic heterocycles. The van der Waals surface area contributed by atoms with Crippen LogP contribution in [0.3, 0.4) is 0 Å². The van der Waals surface area contributed by atoms with E-state index >= 15 is 0 Å². The number of aromatic nitrogens is 1. The SMILES string of the molecule is Cc1ccc(N(C)Cc2cccc(NN)n2)cc1. The van der Waals surface area contributed by atoms with Crippen LogP contribution in [0.25, 0.3) is 0 Å². The zero-order chi connectivity index (χ0) is 13.0. The molecule has 2 rings (SSSR count). The van der Waals surface area contributed by atoms with Crippen molar-refractivity contribution in [3.63, 3.8) is 0 Å². The summed E-state index contributed by atoms with van der Waals surface area (Å²) in [6.07, 6.45) is 0. The van der Waals surface area contributed by atoms with Crippen LogP contribution >= 0.6 is 0 Å². The van der Waals surface area contributed by atoms with Crippen molar-refractivity contribution in [2.75, 3.05) is 17.4 Å². The van der Waals surface area contributed by atoms with E-state index in [0.29, 0.717) is 5.82 Å². The fraction of sp³-hybridized carbons (Fsp3) is 0.214. The monoisotopic (exact) mass is 242 g/mol. The lowest BCUT2D eigenvalue weighted by Crippen LogP contribution is -2.18. The summed E-state index contributed by atoms with van der Waals surface area (Å²) in [5.74, 6) is 6.04. The second-order valence-corrected chi connectivity index (χ2v) is 4.35. The fourth-order valence-electron chi connectivity index (χ4n) is 1.78. The van der Waals surface area contributed by atoms with Crippen LogP contribution in [0.4, 0.5) is 11.5 Å². The van der Waals surface area contributed by atoms with Crippen molar-refractivity contribution in [1.82, 2.24) is 4.98 Å². The van der Waals surface area contributed by atoms with Crippen LogP contribution < -0.4 is 16.2 Å². The molecule has 0 unspecified atom stereocenters. The fourth-order valence-corrected chi connectivity index (χ4v) is 1.78. The molecule has 1 aromatic carbocycles. The number of hydrogen-bond acceptors (Lipinski definition) is 4. The van der Waals surface area contributed by atoms with Crippen molar-refractivity contribution in [2.45, 2.75) is 13.5 Å². The normalized spacial score (nSPS) is 10.2. The van der Waals surface area contributed by atoms with Crippen molar-refractivity contribution >= 4 is 11.5 Å². The third kappa shape index (κ3) is 2.99. The minimum absolute atomic E-state index is 0.685. The molecule has 0 radical (unpaired) electrons. The number of nitrogen functional groups attached to an aromatic ring is 1. The first kappa shape index (κ1) is 12.4. The molecule has 0 amide bonds. The molecule has 0 spiro atoms. The second-order valence-electron chi connectivity index (χ2n) is 4.35. The van der Waals surface area contributed by atoms with Crippen LogP contribution in [0, 0.1) is 6.92 Å². The highest BCUT2D eigenvalue weighted by Crippen LogP contribution is 2.16. The van der Waals surface area contributed by atoms with E-state index in [-0.39, 0.29) is 0 Å². The summed E-state index contributed by atoms with van der Waals surface area (Å²) in [7, 11) is 2.05. The number of benzene rings is 1. The first-order valence-corrected chi connectivity index (χ1v) is 5.89. The number of hydrazine groups is 1. The number of nitrogens with one attached hydrogen (secondary N) is 1. The van der Waals surface area contributed by atoms with Gasteiger partial charge in [-0.05, 0) is 31.2 Å². The number of rotatable bonds is 4. The van der Waals surface area contributed by atoms with Gasteiger partial charge in [0, 0.05) is 12.7 Å². The zero-order valence-electron chi connectivity index (χ0n) is 10.7. The molecular formula is C14H18N4. The third-order valence-electron chi connectivity index (χ3n) is 2.83. The van der Waals surface area contributed by atoms with Gasteiger partial charge in [-0.25, -0.2) is 10.8 Å². The van der Waals surface area contributed by atoms with Crippen molar-refractivity contribution in [2.24, 2.45) is 5.84 Å². The molecule has 18 heavy (non-hydrogen) atoms. The molecule has 0 saturated heterocycles. The van der Waals surface area contributed by atoms with Gasteiger partial charge in [0.05, 0.1) is 12.2 Å². The first-order chi connectivity index (χ1) is 8.69. The predicted molar refractivity (Wildman–Crippen MR) is 75.3 cm³/mol. The van der Waals surface area contributed by atoms with Crippen LogP contribution in [0.5, 0.6) is 0 Å². The standard InChI is InChI=1S/C14H18N4/c1-11-6-8-13(9-7-11)18(2)10-12-4-3-5-14(16-12)17-15/h3-9H,10,15H2,1-2H3,(H,16,17). The summed E-state index contributed by atoms with van der Waals surface area (Å²) in [5, 5.41) is 0. The number of hydrogen-bond donors (Lipinski definition) is 2. The molecule has 0 saturated carbocycles. The van der Waals surface area contributed by atoms with E-state index in [0.717, 1.165) is 12.2 Å². The van der Waals surface area contributed by atoms with Crippen LogP contribution in [0.15, 0.2) is 42.5 Å². The minimum Gasteiger partial charge on any atom is -0.369 e. The van der Waals surface area contributed by atoms with E-state index in [1.165, 1.54) is 11.3 Å². The van der Waals surface area contributed by atoms with Gasteiger partial charge in [0.25, 0.3) is 0 Å². The summed E-state index contributed by atoms with van der Waals surface area (Å²) in [6, 6.07) is 14.2. The van der Waals surface area contributed by atoms with Gasteiger partial charge in [-0.1, -0.05) is 23.8 Å². The molecule has 0 aliphatic rings. The van der Waals surface area contributed by atoms with Gasteiger partial charge in [0.1, 0.15) is 5.82 Å². The number of aryl methyl sites for hydroxylation is 1. The van der Waals surface area contributed by atoms with E-state index in [9.17, 15) is 0 Å². The van der Waals surface area contributed by atoms with Crippen LogP contribution in [-0.2, 0) is 6.54 Å². The van der Waals surface area contributed by atoms with Crippen LogP contribution in [0.2, 0.25) is 0 Å². The molecule has 4 nitrogen and oxygen atoms in total. The molecule has 4 heteroatoms. The highest BCUT2D eigenvalue weighted by Gasteiger charge is 2.03. The van der Waals surface area contributed by atoms with E-state index < -0.39 is 0 Å². The molecule has 0 bridgehead atoms. The summed E-state index contributed by atoms with van der Waals surface area (Å²) in [6.45, 7) is 2.83. The van der Waals surface area contributed by atoms with Gasteiger partial charge >= 0.3 is 0 Å². The van der Waals surface area contributed by atoms with Gasteiger partial charge in [-0.15, -0.1) is 0 Å². The van der Waals surface area contributed by atoms with Gasteiger partial charge < -0.3 is 10.3 Å². The maximum Gasteiger partial charge on any atom is 0.140 e. The Morgan fingerprint density at radius 3 is 2.56 bits per heavy atom. The molecular weight excluding hydrogens is 224 g/mol. The maximum absolute atomic E-state index is 5.35. The number of anilines is 2. The summed E-state index contributed by atoms with van der Waals surface area (Å²) < 4.78 is 0. The van der Waals surface area contributed by atoms with Gasteiger partial charge in [0.15, 0.2) is 0 Å². The Labute approximate surface area is 107 Å². The van der Waals surface area contributed by atoms with Crippen LogP contribution in [-0.4, -0.2) is 12.0 Å². The third-order valence-corrected chi connectivity index (χ3v) is 2.83. The largest absolute Gasteiger partial charge is 0.369 e.